The van der Waals surface area contributed by atoms with Gasteiger partial charge >= 0.3 is 5.97 Å². The van der Waals surface area contributed by atoms with Crippen molar-refractivity contribution < 1.29 is 33.8 Å². The quantitative estimate of drug-likeness (QED) is 0.0144. The van der Waals surface area contributed by atoms with E-state index in [2.05, 4.69) is 79.9 Å². The smallest absolute Gasteiger partial charge is 0.335 e. The molecule has 108 heavy (non-hydrogen) atoms. The minimum absolute atomic E-state index is 0.0165. The van der Waals surface area contributed by atoms with Crippen molar-refractivity contribution in [3.63, 3.8) is 0 Å². The molecule has 3 aromatic heterocycles. The zero-order chi connectivity index (χ0) is 75.6. The summed E-state index contributed by atoms with van der Waals surface area (Å²) in [5, 5.41) is 22.2. The molecule has 2 aliphatic rings. The Labute approximate surface area is 646 Å². The topological polar surface area (TPSA) is 175 Å². The fraction of sp³-hybridized carbons (Fsp3) is 0.505. The van der Waals surface area contributed by atoms with E-state index in [-0.39, 0.29) is 11.3 Å². The van der Waals surface area contributed by atoms with Crippen molar-refractivity contribution in [2.45, 2.75) is 285 Å². The molecule has 13 nitrogen and oxygen atoms in total. The number of aromatic amines is 2. The Bertz CT molecular complexity index is 3980. The lowest BCUT2D eigenvalue weighted by atomic mass is 10.0. The molecule has 8 bridgehead atoms. The molecule has 0 amide bonds. The average molecular weight is 1470 g/mol. The number of nitro benzene ring substituents is 1. The number of non-ortho nitro benzene ring substituents is 1. The van der Waals surface area contributed by atoms with Crippen molar-refractivity contribution in [2.24, 2.45) is 0 Å². The van der Waals surface area contributed by atoms with Gasteiger partial charge in [-0.3, -0.25) is 10.1 Å². The molecule has 0 saturated carbocycles. The number of rotatable bonds is 53. The minimum atomic E-state index is -1.01. The van der Waals surface area contributed by atoms with Crippen molar-refractivity contribution in [3.05, 3.63) is 159 Å². The molecule has 3 N–H and O–H groups in total. The molecule has 0 radical (unpaired) electrons. The van der Waals surface area contributed by atoms with Crippen LogP contribution in [0.3, 0.4) is 0 Å². The molecule has 578 valence electrons. The van der Waals surface area contributed by atoms with Gasteiger partial charge in [-0.15, -0.1) is 0 Å². The third-order valence-corrected chi connectivity index (χ3v) is 21.1. The molecular weight excluding hydrogens is 1340 g/mol. The highest BCUT2D eigenvalue weighted by atomic mass is 16.6. The van der Waals surface area contributed by atoms with E-state index in [1.165, 1.54) is 192 Å². The molecule has 9 rings (SSSR count). The van der Waals surface area contributed by atoms with Crippen LogP contribution in [0.2, 0.25) is 0 Å². The fourth-order valence-electron chi connectivity index (χ4n) is 14.8. The number of carboxylic acids is 1. The summed E-state index contributed by atoms with van der Waals surface area (Å²) in [6.45, 7) is 11.2. The number of benzene rings is 4. The number of nitrogens with one attached hydrogen (secondary N) is 2. The van der Waals surface area contributed by atoms with Crippen molar-refractivity contribution in [3.8, 4) is 68.2 Å². The van der Waals surface area contributed by atoms with Crippen LogP contribution in [0.25, 0.3) is 79.8 Å². The van der Waals surface area contributed by atoms with Gasteiger partial charge in [0.1, 0.15) is 23.0 Å². The van der Waals surface area contributed by atoms with Crippen molar-refractivity contribution in [2.75, 3.05) is 26.4 Å². The Hall–Kier alpha value is -8.89. The molecule has 2 aliphatic heterocycles. The van der Waals surface area contributed by atoms with Crippen LogP contribution in [0.5, 0.6) is 23.0 Å². The third-order valence-electron chi connectivity index (χ3n) is 21.1. The summed E-state index contributed by atoms with van der Waals surface area (Å²) in [5.74, 6) is 8.67. The number of hydrogen-bond acceptors (Lipinski definition) is 9. The highest BCUT2D eigenvalue weighted by molar-refractivity contribution is 6.01. The second-order valence-electron chi connectivity index (χ2n) is 29.8. The number of carbonyl (C=O) groups is 1. The number of H-pyrrole nitrogens is 2. The second kappa shape index (κ2) is 47.8. The number of hydrogen-bond donors (Lipinski definition) is 3. The monoisotopic (exact) mass is 1460 g/mol. The van der Waals surface area contributed by atoms with Gasteiger partial charge in [-0.05, 0) is 128 Å². The Morgan fingerprint density at radius 3 is 1.02 bits per heavy atom. The molecule has 0 fully saturated rings. The Balaban J connectivity index is 1.22. The highest BCUT2D eigenvalue weighted by Crippen LogP contribution is 2.46. The zero-order valence-corrected chi connectivity index (χ0v) is 66.0. The summed E-state index contributed by atoms with van der Waals surface area (Å²) in [7, 11) is 0. The number of fused-ring (bicyclic) bond motifs is 8. The van der Waals surface area contributed by atoms with Gasteiger partial charge in [0.25, 0.3) is 5.69 Å². The number of unbranched alkanes of at least 4 members (excludes halogenated alkanes) is 36. The Morgan fingerprint density at radius 2 is 0.667 bits per heavy atom. The molecule has 0 aliphatic carbocycles. The van der Waals surface area contributed by atoms with Crippen LogP contribution in [0.15, 0.2) is 109 Å². The zero-order valence-electron chi connectivity index (χ0n) is 66.0. The van der Waals surface area contributed by atoms with Gasteiger partial charge < -0.3 is 34.0 Å². The lowest BCUT2D eigenvalue weighted by Gasteiger charge is -2.18. The van der Waals surface area contributed by atoms with E-state index >= 15 is 0 Å². The Kier molecular flexibility index (Phi) is 36.8. The van der Waals surface area contributed by atoms with E-state index in [1.54, 1.807) is 24.3 Å². The molecule has 13 heteroatoms. The van der Waals surface area contributed by atoms with Gasteiger partial charge in [0.15, 0.2) is 0 Å². The molecule has 5 heterocycles. The predicted molar refractivity (Wildman–Crippen MR) is 451 cm³/mol. The molecule has 7 aromatic rings. The van der Waals surface area contributed by atoms with E-state index < -0.39 is 10.9 Å². The van der Waals surface area contributed by atoms with Gasteiger partial charge in [0.2, 0.25) is 0 Å². The van der Waals surface area contributed by atoms with Gasteiger partial charge in [0.05, 0.1) is 81.9 Å². The summed E-state index contributed by atoms with van der Waals surface area (Å²) >= 11 is 0. The SMILES string of the molecule is CCCCCCCCCCCCOc1cccc(OCCCCCCCCCCCC)c1-c1c2nc(c(-c3ccc(C(=O)O)cc3)c3ccc([nH]3)c(-c3c(OCCCCCCCCCCCC)cccc3OCCCCCCCCCCCC)c3nc(c(C#Cc4ccc([N+](=O)[O-])cc4)c4ccc1[nH]4)C=C3)C=C2. The van der Waals surface area contributed by atoms with Crippen molar-refractivity contribution in [1.82, 2.24) is 19.9 Å². The lowest BCUT2D eigenvalue weighted by molar-refractivity contribution is -0.384. The highest BCUT2D eigenvalue weighted by Gasteiger charge is 2.25. The van der Waals surface area contributed by atoms with E-state index in [1.807, 2.05) is 66.7 Å². The molecule has 0 saturated heterocycles. The maximum absolute atomic E-state index is 12.5. The second-order valence-corrected chi connectivity index (χ2v) is 29.8. The van der Waals surface area contributed by atoms with Crippen LogP contribution in [0.1, 0.15) is 329 Å². The standard InChI is InChI=1S/C95H125N5O8/c1-5-9-13-17-21-25-29-33-37-41-69-105-86-47-45-48-87(106-70-42-38-34-30-26-22-18-14-10-6-2)93(86)91-82-63-61-78(96-82)77(60-53-73-51-58-76(59-52-73)100(103)104)79-62-64-83(97-79)92(85-68-66-81(99-85)90(80-65-67-84(91)98-80)74-54-56-75(57-55-74)95(101)102)94-88(107-71-43-39-35-31-27-23-19-15-11-7-3)49-46-50-89(94)108-72-44-40-36-32-28-24-20-16-12-8-4/h45-52,54-59,61-68,96,99H,5-44,69-72H2,1-4H3,(H,101,102). The Morgan fingerprint density at radius 1 is 0.361 bits per heavy atom. The summed E-state index contributed by atoms with van der Waals surface area (Å²) in [4.78, 5) is 43.2. The number of aromatic carboxylic acids is 1. The van der Waals surface area contributed by atoms with E-state index in [9.17, 15) is 20.0 Å². The third kappa shape index (κ3) is 26.5. The van der Waals surface area contributed by atoms with Crippen LogP contribution in [-0.4, -0.2) is 62.4 Å². The van der Waals surface area contributed by atoms with Gasteiger partial charge in [-0.2, -0.15) is 0 Å². The first-order valence-electron chi connectivity index (χ1n) is 42.2. The van der Waals surface area contributed by atoms with Gasteiger partial charge in [-0.1, -0.05) is 295 Å². The molecule has 0 unspecified atom stereocenters. The van der Waals surface area contributed by atoms with Crippen LogP contribution in [-0.2, 0) is 0 Å². The first-order chi connectivity index (χ1) is 53.2. The van der Waals surface area contributed by atoms with Crippen molar-refractivity contribution >= 4 is 58.0 Å². The summed E-state index contributed by atoms with van der Waals surface area (Å²) in [6.07, 6.45) is 56.6. The van der Waals surface area contributed by atoms with Crippen LogP contribution < -0.4 is 18.9 Å². The maximum atomic E-state index is 12.5. The van der Waals surface area contributed by atoms with Crippen LogP contribution in [0.4, 0.5) is 5.69 Å². The normalized spacial score (nSPS) is 11.7. The molecule has 0 spiro atoms. The first kappa shape index (κ1) is 83.2. The number of carboxylic acid groups (broad SMARTS) is 1. The lowest BCUT2D eigenvalue weighted by Crippen LogP contribution is -2.04. The fourth-order valence-corrected chi connectivity index (χ4v) is 14.8. The van der Waals surface area contributed by atoms with Crippen LogP contribution >= 0.6 is 0 Å². The number of nitrogens with zero attached hydrogens (tertiary/aromatic N) is 3. The van der Waals surface area contributed by atoms with E-state index in [0.29, 0.717) is 88.8 Å². The summed E-state index contributed by atoms with van der Waals surface area (Å²) < 4.78 is 28.1. The summed E-state index contributed by atoms with van der Waals surface area (Å²) in [6, 6.07) is 33.9. The van der Waals surface area contributed by atoms with Gasteiger partial charge in [0, 0.05) is 50.9 Å². The minimum Gasteiger partial charge on any atom is -0.493 e. The van der Waals surface area contributed by atoms with Crippen molar-refractivity contribution in [1.29, 1.82) is 0 Å². The molecular formula is C95H125N5O8. The summed E-state index contributed by atoms with van der Waals surface area (Å²) in [5.41, 5.74) is 11.5. The largest absolute Gasteiger partial charge is 0.493 e. The van der Waals surface area contributed by atoms with E-state index in [0.717, 1.165) is 127 Å². The first-order valence-corrected chi connectivity index (χ1v) is 42.2. The number of nitro groups is 1. The van der Waals surface area contributed by atoms with Gasteiger partial charge in [-0.25, -0.2) is 14.8 Å². The molecule has 0 atom stereocenters. The van der Waals surface area contributed by atoms with Crippen LogP contribution in [0, 0.1) is 22.0 Å². The number of ether oxygens (including phenoxy) is 4. The average Bonchev–Trinajstić information content (AvgIpc) is 1.57. The number of aromatic nitrogens is 4. The molecule has 4 aromatic carbocycles. The maximum Gasteiger partial charge on any atom is 0.335 e. The predicted octanol–water partition coefficient (Wildman–Crippen LogP) is 27.9. The van der Waals surface area contributed by atoms with E-state index in [4.69, 9.17) is 28.9 Å².